The predicted molar refractivity (Wildman–Crippen MR) is 157 cm³/mol. The Bertz CT molecular complexity index is 1700. The summed E-state index contributed by atoms with van der Waals surface area (Å²) in [6, 6.07) is 18.0. The Morgan fingerprint density at radius 1 is 0.902 bits per heavy atom. The molecule has 0 aliphatic heterocycles. The van der Waals surface area contributed by atoms with Gasteiger partial charge < -0.3 is 23.9 Å². The summed E-state index contributed by atoms with van der Waals surface area (Å²) in [5.41, 5.74) is 4.03. The first kappa shape index (κ1) is 27.7. The molecule has 11 heteroatoms. The number of rotatable bonds is 10. The van der Waals surface area contributed by atoms with Gasteiger partial charge in [0.25, 0.3) is 5.91 Å². The molecule has 41 heavy (non-hydrogen) atoms. The van der Waals surface area contributed by atoms with Crippen LogP contribution in [0.4, 0.5) is 5.13 Å². The Morgan fingerprint density at radius 3 is 2.37 bits per heavy atom. The first-order valence-corrected chi connectivity index (χ1v) is 13.6. The summed E-state index contributed by atoms with van der Waals surface area (Å²) in [6.07, 6.45) is -0.706. The number of imidazole rings is 1. The molecule has 210 valence electrons. The molecule has 1 amide bonds. The third kappa shape index (κ3) is 5.99. The van der Waals surface area contributed by atoms with Crippen molar-refractivity contribution in [2.24, 2.45) is 0 Å². The highest BCUT2D eigenvalue weighted by atomic mass is 32.1. The zero-order valence-electron chi connectivity index (χ0n) is 22.9. The number of aromatic nitrogens is 3. The van der Waals surface area contributed by atoms with Crippen LogP contribution in [0.1, 0.15) is 23.7 Å². The summed E-state index contributed by atoms with van der Waals surface area (Å²) >= 11 is 1.27. The van der Waals surface area contributed by atoms with Gasteiger partial charge in [-0.1, -0.05) is 6.92 Å². The number of aromatic amines is 1. The third-order valence-electron chi connectivity index (χ3n) is 6.41. The summed E-state index contributed by atoms with van der Waals surface area (Å²) in [6.45, 7) is 1.77. The number of amides is 1. The van der Waals surface area contributed by atoms with Crippen LogP contribution in [0.3, 0.4) is 0 Å². The first-order valence-electron chi connectivity index (χ1n) is 12.8. The molecule has 0 aliphatic carbocycles. The highest BCUT2D eigenvalue weighted by molar-refractivity contribution is 7.14. The number of nitrogens with zero attached hydrogens (tertiary/aromatic N) is 2. The van der Waals surface area contributed by atoms with Crippen molar-refractivity contribution in [3.63, 3.8) is 0 Å². The van der Waals surface area contributed by atoms with Gasteiger partial charge in [-0.2, -0.15) is 0 Å². The second kappa shape index (κ2) is 12.1. The second-order valence-electron chi connectivity index (χ2n) is 8.94. The van der Waals surface area contributed by atoms with Crippen LogP contribution in [0.25, 0.3) is 33.7 Å². The fourth-order valence-electron chi connectivity index (χ4n) is 4.19. The molecular weight excluding hydrogens is 544 g/mol. The van der Waals surface area contributed by atoms with Gasteiger partial charge in [0, 0.05) is 16.5 Å². The van der Waals surface area contributed by atoms with Crippen molar-refractivity contribution in [1.82, 2.24) is 15.0 Å². The maximum Gasteiger partial charge on any atom is 0.338 e. The number of carbonyl (C=O) groups excluding carboxylic acids is 2. The van der Waals surface area contributed by atoms with Crippen LogP contribution in [-0.4, -0.2) is 54.3 Å². The van der Waals surface area contributed by atoms with E-state index in [2.05, 4.69) is 20.3 Å². The largest absolute Gasteiger partial charge is 0.497 e. The number of methoxy groups -OCH3 is 3. The molecule has 0 radical (unpaired) electrons. The minimum Gasteiger partial charge on any atom is -0.497 e. The van der Waals surface area contributed by atoms with Crippen LogP contribution >= 0.6 is 11.3 Å². The summed E-state index contributed by atoms with van der Waals surface area (Å²) in [7, 11) is 4.74. The molecule has 1 unspecified atom stereocenters. The SMILES string of the molecule is CCC(OC(=O)c1ccc2nc(-c3ccc(OC)cc3)[nH]c2c1)C(=O)Nc1nc(-c2ccc(OC)c(OC)c2)cs1. The second-order valence-corrected chi connectivity index (χ2v) is 9.80. The van der Waals surface area contributed by atoms with Gasteiger partial charge in [-0.25, -0.2) is 14.8 Å². The smallest absolute Gasteiger partial charge is 0.338 e. The van der Waals surface area contributed by atoms with Gasteiger partial charge in [-0.15, -0.1) is 11.3 Å². The van der Waals surface area contributed by atoms with Crippen molar-refractivity contribution < 1.29 is 28.5 Å². The number of thiazole rings is 1. The Balaban J connectivity index is 1.26. The molecular formula is C30H28N4O6S. The Morgan fingerprint density at radius 2 is 1.66 bits per heavy atom. The molecule has 0 fully saturated rings. The van der Waals surface area contributed by atoms with E-state index in [1.54, 1.807) is 52.5 Å². The third-order valence-corrected chi connectivity index (χ3v) is 7.16. The summed E-state index contributed by atoms with van der Waals surface area (Å²) in [5, 5.41) is 4.97. The van der Waals surface area contributed by atoms with Crippen LogP contribution in [0.15, 0.2) is 66.0 Å². The van der Waals surface area contributed by atoms with Gasteiger partial charge in [0.05, 0.1) is 43.6 Å². The van der Waals surface area contributed by atoms with E-state index in [0.717, 1.165) is 16.9 Å². The number of nitrogens with one attached hydrogen (secondary N) is 2. The lowest BCUT2D eigenvalue weighted by Gasteiger charge is -2.15. The number of carbonyl (C=O) groups is 2. The zero-order valence-corrected chi connectivity index (χ0v) is 23.7. The summed E-state index contributed by atoms with van der Waals surface area (Å²) < 4.78 is 21.4. The molecule has 5 rings (SSSR count). The van der Waals surface area contributed by atoms with E-state index in [-0.39, 0.29) is 0 Å². The molecule has 0 spiro atoms. The highest BCUT2D eigenvalue weighted by Gasteiger charge is 2.24. The van der Waals surface area contributed by atoms with Crippen molar-refractivity contribution in [3.05, 3.63) is 71.6 Å². The molecule has 0 saturated heterocycles. The van der Waals surface area contributed by atoms with E-state index in [4.69, 9.17) is 18.9 Å². The molecule has 2 heterocycles. The van der Waals surface area contributed by atoms with Crippen LogP contribution in [0.5, 0.6) is 17.2 Å². The number of ether oxygens (including phenoxy) is 4. The molecule has 0 bridgehead atoms. The van der Waals surface area contributed by atoms with E-state index >= 15 is 0 Å². The molecule has 0 aliphatic rings. The number of fused-ring (bicyclic) bond motifs is 1. The average molecular weight is 573 g/mol. The van der Waals surface area contributed by atoms with Crippen molar-refractivity contribution in [3.8, 4) is 39.9 Å². The van der Waals surface area contributed by atoms with Gasteiger partial charge in [0.15, 0.2) is 22.7 Å². The standard InChI is InChI=1S/C30H28N4O6S/c1-5-24(28(35)34-30-33-23(16-41-30)18-9-13-25(38-3)26(15-18)39-4)40-29(36)19-8-12-21-22(14-19)32-27(31-21)17-6-10-20(37-2)11-7-17/h6-16,24H,5H2,1-4H3,(H,31,32)(H,33,34,35). The lowest BCUT2D eigenvalue weighted by atomic mass is 10.1. The normalized spacial score (nSPS) is 11.6. The number of anilines is 1. The first-order chi connectivity index (χ1) is 19.9. The molecule has 1 atom stereocenters. The van der Waals surface area contributed by atoms with Crippen molar-refractivity contribution >= 4 is 39.4 Å². The predicted octanol–water partition coefficient (Wildman–Crippen LogP) is 5.95. The molecule has 0 saturated carbocycles. The topological polar surface area (TPSA) is 125 Å². The Kier molecular flexibility index (Phi) is 8.16. The summed E-state index contributed by atoms with van der Waals surface area (Å²) in [5.74, 6) is 1.52. The fraction of sp³-hybridized carbons (Fsp3) is 0.200. The van der Waals surface area contributed by atoms with Gasteiger partial charge in [0.1, 0.15) is 11.6 Å². The lowest BCUT2D eigenvalue weighted by molar-refractivity contribution is -0.124. The van der Waals surface area contributed by atoms with Crippen molar-refractivity contribution in [2.75, 3.05) is 26.6 Å². The summed E-state index contributed by atoms with van der Waals surface area (Å²) in [4.78, 5) is 38.3. The van der Waals surface area contributed by atoms with Gasteiger partial charge >= 0.3 is 5.97 Å². The zero-order chi connectivity index (χ0) is 28.9. The highest BCUT2D eigenvalue weighted by Crippen LogP contribution is 2.33. The van der Waals surface area contributed by atoms with E-state index in [1.807, 2.05) is 41.8 Å². The average Bonchev–Trinajstić information content (AvgIpc) is 3.66. The fourth-order valence-corrected chi connectivity index (χ4v) is 4.91. The van der Waals surface area contributed by atoms with E-state index < -0.39 is 18.0 Å². The number of H-pyrrole nitrogens is 1. The Labute approximate surface area is 240 Å². The molecule has 10 nitrogen and oxygen atoms in total. The lowest BCUT2D eigenvalue weighted by Crippen LogP contribution is -2.32. The molecule has 3 aromatic carbocycles. The maximum atomic E-state index is 13.0. The molecule has 5 aromatic rings. The minimum atomic E-state index is -0.997. The number of benzene rings is 3. The van der Waals surface area contributed by atoms with Crippen LogP contribution < -0.4 is 19.5 Å². The quantitative estimate of drug-likeness (QED) is 0.197. The van der Waals surface area contributed by atoms with E-state index in [9.17, 15) is 9.59 Å². The van der Waals surface area contributed by atoms with Crippen LogP contribution in [-0.2, 0) is 9.53 Å². The minimum absolute atomic E-state index is 0.291. The number of esters is 1. The number of hydrogen-bond donors (Lipinski definition) is 2. The van der Waals surface area contributed by atoms with Crippen molar-refractivity contribution in [2.45, 2.75) is 19.4 Å². The van der Waals surface area contributed by atoms with Gasteiger partial charge in [-0.05, 0) is 67.1 Å². The van der Waals surface area contributed by atoms with Crippen molar-refractivity contribution in [1.29, 1.82) is 0 Å². The molecule has 2 aromatic heterocycles. The van der Waals surface area contributed by atoms with Gasteiger partial charge in [-0.3, -0.25) is 10.1 Å². The van der Waals surface area contributed by atoms with E-state index in [1.165, 1.54) is 11.3 Å². The number of hydrogen-bond acceptors (Lipinski definition) is 9. The van der Waals surface area contributed by atoms with Gasteiger partial charge in [0.2, 0.25) is 0 Å². The molecule has 2 N–H and O–H groups in total. The Hall–Kier alpha value is -4.90. The monoisotopic (exact) mass is 572 g/mol. The van der Waals surface area contributed by atoms with E-state index in [0.29, 0.717) is 51.2 Å². The van der Waals surface area contributed by atoms with Crippen LogP contribution in [0, 0.1) is 0 Å². The maximum absolute atomic E-state index is 13.0. The van der Waals surface area contributed by atoms with Crippen LogP contribution in [0.2, 0.25) is 0 Å².